The summed E-state index contributed by atoms with van der Waals surface area (Å²) in [5, 5.41) is 20.0. The van der Waals surface area contributed by atoms with Crippen LogP contribution in [0.5, 0.6) is 5.75 Å². The van der Waals surface area contributed by atoms with Crippen molar-refractivity contribution in [3.05, 3.63) is 24.3 Å². The summed E-state index contributed by atoms with van der Waals surface area (Å²) in [6, 6.07) is 6.63. The van der Waals surface area contributed by atoms with Crippen molar-refractivity contribution >= 4 is 11.8 Å². The minimum atomic E-state index is -0.980. The van der Waals surface area contributed by atoms with Crippen LogP contribution in [0.4, 0.5) is 10.5 Å². The number of aliphatic hydroxyl groups is 2. The molecule has 94 valence electrons. The van der Waals surface area contributed by atoms with Crippen LogP contribution in [-0.2, 0) is 4.74 Å². The van der Waals surface area contributed by atoms with Crippen molar-refractivity contribution in [3.8, 4) is 5.75 Å². The third-order valence-corrected chi connectivity index (χ3v) is 1.75. The molecular formula is C11H15NO5. The molecule has 0 aliphatic heterocycles. The van der Waals surface area contributed by atoms with Gasteiger partial charge in [-0.2, -0.15) is 0 Å². The van der Waals surface area contributed by atoms with Gasteiger partial charge in [0.2, 0.25) is 0 Å². The highest BCUT2D eigenvalue weighted by Crippen LogP contribution is 2.24. The standard InChI is InChI=1S/C11H15NO5/c1-8(14)17-10-5-3-2-4-9(10)12-11(15)16-7-6-13/h2-5,8,13-14H,6-7H2,1H3,(H,12,15). The number of carbonyl (C=O) groups is 1. The molecule has 1 amide bonds. The van der Waals surface area contributed by atoms with Gasteiger partial charge in [-0.05, 0) is 19.1 Å². The molecule has 0 aliphatic rings. The minimum absolute atomic E-state index is 0.0781. The molecule has 1 aromatic rings. The Bertz CT molecular complexity index is 367. The van der Waals surface area contributed by atoms with Crippen LogP contribution in [0.15, 0.2) is 24.3 Å². The first-order valence-corrected chi connectivity index (χ1v) is 5.12. The fraction of sp³-hybridized carbons (Fsp3) is 0.364. The maximum Gasteiger partial charge on any atom is 0.411 e. The van der Waals surface area contributed by atoms with Crippen LogP contribution < -0.4 is 10.1 Å². The van der Waals surface area contributed by atoms with Crippen LogP contribution >= 0.6 is 0 Å². The van der Waals surface area contributed by atoms with Gasteiger partial charge < -0.3 is 19.7 Å². The Morgan fingerprint density at radius 1 is 1.47 bits per heavy atom. The molecule has 1 unspecified atom stereocenters. The Hall–Kier alpha value is -1.79. The van der Waals surface area contributed by atoms with E-state index in [2.05, 4.69) is 10.1 Å². The SMILES string of the molecule is CC(O)Oc1ccccc1NC(=O)OCCO. The average molecular weight is 241 g/mol. The molecule has 1 rings (SSSR count). The molecule has 0 bridgehead atoms. The van der Waals surface area contributed by atoms with Crippen LogP contribution in [0.2, 0.25) is 0 Å². The molecule has 0 aliphatic carbocycles. The van der Waals surface area contributed by atoms with Gasteiger partial charge in [0.25, 0.3) is 0 Å². The fourth-order valence-electron chi connectivity index (χ4n) is 1.14. The predicted molar refractivity (Wildman–Crippen MR) is 60.8 cm³/mol. The van der Waals surface area contributed by atoms with E-state index >= 15 is 0 Å². The van der Waals surface area contributed by atoms with Gasteiger partial charge in [0.15, 0.2) is 6.29 Å². The number of aliphatic hydroxyl groups excluding tert-OH is 2. The van der Waals surface area contributed by atoms with Gasteiger partial charge in [-0.1, -0.05) is 12.1 Å². The number of carbonyl (C=O) groups excluding carboxylic acids is 1. The molecule has 0 saturated carbocycles. The summed E-state index contributed by atoms with van der Waals surface area (Å²) in [5.41, 5.74) is 0.385. The molecule has 0 saturated heterocycles. The molecule has 0 heterocycles. The lowest BCUT2D eigenvalue weighted by Crippen LogP contribution is -2.17. The second kappa shape index (κ2) is 6.72. The topological polar surface area (TPSA) is 88.0 Å². The molecule has 0 radical (unpaired) electrons. The molecule has 17 heavy (non-hydrogen) atoms. The van der Waals surface area contributed by atoms with E-state index in [0.29, 0.717) is 11.4 Å². The Kier molecular flexibility index (Phi) is 5.25. The van der Waals surface area contributed by atoms with Crippen molar-refractivity contribution in [2.45, 2.75) is 13.2 Å². The molecular weight excluding hydrogens is 226 g/mol. The lowest BCUT2D eigenvalue weighted by Gasteiger charge is -2.13. The number of para-hydroxylation sites is 2. The van der Waals surface area contributed by atoms with E-state index in [1.807, 2.05) is 0 Å². The van der Waals surface area contributed by atoms with Crippen molar-refractivity contribution < 1.29 is 24.5 Å². The number of anilines is 1. The van der Waals surface area contributed by atoms with E-state index in [1.54, 1.807) is 24.3 Å². The fourth-order valence-corrected chi connectivity index (χ4v) is 1.14. The number of amides is 1. The minimum Gasteiger partial charge on any atom is -0.463 e. The molecule has 0 fully saturated rings. The van der Waals surface area contributed by atoms with Gasteiger partial charge in [0.1, 0.15) is 12.4 Å². The van der Waals surface area contributed by atoms with Crippen LogP contribution in [0, 0.1) is 0 Å². The first kappa shape index (κ1) is 13.3. The first-order chi connectivity index (χ1) is 8.13. The maximum atomic E-state index is 11.2. The van der Waals surface area contributed by atoms with Gasteiger partial charge in [-0.15, -0.1) is 0 Å². The molecule has 0 aromatic heterocycles. The Morgan fingerprint density at radius 2 is 2.18 bits per heavy atom. The second-order valence-corrected chi connectivity index (χ2v) is 3.20. The Balaban J connectivity index is 2.66. The van der Waals surface area contributed by atoms with Gasteiger partial charge in [-0.3, -0.25) is 5.32 Å². The zero-order valence-electron chi connectivity index (χ0n) is 9.42. The molecule has 6 heteroatoms. The monoisotopic (exact) mass is 241 g/mol. The third kappa shape index (κ3) is 4.71. The number of hydrogen-bond acceptors (Lipinski definition) is 5. The third-order valence-electron chi connectivity index (χ3n) is 1.75. The van der Waals surface area contributed by atoms with Gasteiger partial charge in [-0.25, -0.2) is 4.79 Å². The van der Waals surface area contributed by atoms with Crippen molar-refractivity contribution in [3.63, 3.8) is 0 Å². The zero-order valence-corrected chi connectivity index (χ0v) is 9.42. The smallest absolute Gasteiger partial charge is 0.411 e. The number of hydrogen-bond donors (Lipinski definition) is 3. The highest BCUT2D eigenvalue weighted by molar-refractivity contribution is 5.86. The molecule has 1 aromatic carbocycles. The summed E-state index contributed by atoms with van der Waals surface area (Å²) in [5.74, 6) is 0.337. The zero-order chi connectivity index (χ0) is 12.7. The van der Waals surface area contributed by atoms with E-state index in [9.17, 15) is 4.79 Å². The van der Waals surface area contributed by atoms with E-state index in [0.717, 1.165) is 0 Å². The van der Waals surface area contributed by atoms with E-state index in [1.165, 1.54) is 6.92 Å². The van der Waals surface area contributed by atoms with Gasteiger partial charge in [0, 0.05) is 0 Å². The van der Waals surface area contributed by atoms with Crippen LogP contribution in [0.1, 0.15) is 6.92 Å². The normalized spacial score (nSPS) is 11.7. The summed E-state index contributed by atoms with van der Waals surface area (Å²) in [4.78, 5) is 11.2. The van der Waals surface area contributed by atoms with Crippen molar-refractivity contribution in [1.29, 1.82) is 0 Å². The molecule has 1 atom stereocenters. The lowest BCUT2D eigenvalue weighted by molar-refractivity contribution is 0.000191. The second-order valence-electron chi connectivity index (χ2n) is 3.20. The number of ether oxygens (including phenoxy) is 2. The highest BCUT2D eigenvalue weighted by Gasteiger charge is 2.09. The van der Waals surface area contributed by atoms with E-state index in [-0.39, 0.29) is 13.2 Å². The lowest BCUT2D eigenvalue weighted by atomic mass is 10.3. The van der Waals surface area contributed by atoms with Crippen molar-refractivity contribution in [2.24, 2.45) is 0 Å². The van der Waals surface area contributed by atoms with Crippen molar-refractivity contribution in [1.82, 2.24) is 0 Å². The molecule has 3 N–H and O–H groups in total. The highest BCUT2D eigenvalue weighted by atomic mass is 16.6. The van der Waals surface area contributed by atoms with Crippen LogP contribution in [-0.4, -0.2) is 35.8 Å². The largest absolute Gasteiger partial charge is 0.463 e. The molecule has 6 nitrogen and oxygen atoms in total. The summed E-state index contributed by atoms with van der Waals surface area (Å²) < 4.78 is 9.72. The number of rotatable bonds is 5. The summed E-state index contributed by atoms with van der Waals surface area (Å²) in [6.45, 7) is 1.14. The summed E-state index contributed by atoms with van der Waals surface area (Å²) >= 11 is 0. The average Bonchev–Trinajstić information content (AvgIpc) is 2.28. The van der Waals surface area contributed by atoms with Crippen LogP contribution in [0.3, 0.4) is 0 Å². The van der Waals surface area contributed by atoms with E-state index < -0.39 is 12.4 Å². The Morgan fingerprint density at radius 3 is 2.82 bits per heavy atom. The van der Waals surface area contributed by atoms with Crippen molar-refractivity contribution in [2.75, 3.05) is 18.5 Å². The van der Waals surface area contributed by atoms with E-state index in [4.69, 9.17) is 14.9 Å². The van der Waals surface area contributed by atoms with Gasteiger partial charge in [0.05, 0.1) is 12.3 Å². The summed E-state index contributed by atoms with van der Waals surface area (Å²) in [6.07, 6.45) is -1.67. The Labute approximate surface area is 98.8 Å². The molecule has 0 spiro atoms. The number of benzene rings is 1. The number of nitrogens with one attached hydrogen (secondary N) is 1. The first-order valence-electron chi connectivity index (χ1n) is 5.12. The van der Waals surface area contributed by atoms with Gasteiger partial charge >= 0.3 is 6.09 Å². The predicted octanol–water partition coefficient (Wildman–Crippen LogP) is 0.944. The quantitative estimate of drug-likeness (QED) is 0.668. The maximum absolute atomic E-state index is 11.2. The summed E-state index contributed by atoms with van der Waals surface area (Å²) in [7, 11) is 0. The van der Waals surface area contributed by atoms with Crippen LogP contribution in [0.25, 0.3) is 0 Å².